The number of para-hydroxylation sites is 1. The maximum absolute atomic E-state index is 12.4. The maximum atomic E-state index is 12.4. The average Bonchev–Trinajstić information content (AvgIpc) is 2.56. The van der Waals surface area contributed by atoms with Crippen molar-refractivity contribution >= 4 is 11.8 Å². The van der Waals surface area contributed by atoms with E-state index < -0.39 is 0 Å². The van der Waals surface area contributed by atoms with E-state index in [9.17, 15) is 9.59 Å². The van der Waals surface area contributed by atoms with E-state index in [2.05, 4.69) is 5.32 Å². The summed E-state index contributed by atoms with van der Waals surface area (Å²) in [5.74, 6) is 0.831. The van der Waals surface area contributed by atoms with E-state index in [4.69, 9.17) is 10.5 Å². The lowest BCUT2D eigenvalue weighted by Crippen LogP contribution is -2.47. The van der Waals surface area contributed by atoms with Crippen LogP contribution in [0.4, 0.5) is 0 Å². The Kier molecular flexibility index (Phi) is 6.40. The van der Waals surface area contributed by atoms with Gasteiger partial charge in [0, 0.05) is 37.7 Å². The molecule has 0 radical (unpaired) electrons. The second-order valence-electron chi connectivity index (χ2n) is 5.75. The van der Waals surface area contributed by atoms with Crippen molar-refractivity contribution in [2.45, 2.75) is 31.7 Å². The number of carbonyl (C=O) groups is 2. The first-order chi connectivity index (χ1) is 11.1. The summed E-state index contributed by atoms with van der Waals surface area (Å²) in [6, 6.07) is 7.72. The minimum absolute atomic E-state index is 0.00806. The van der Waals surface area contributed by atoms with Gasteiger partial charge in [0.1, 0.15) is 5.75 Å². The lowest BCUT2D eigenvalue weighted by molar-refractivity contribution is -0.131. The summed E-state index contributed by atoms with van der Waals surface area (Å²) in [4.78, 5) is 25.8. The van der Waals surface area contributed by atoms with E-state index in [1.54, 1.807) is 7.11 Å². The number of hydrogen-bond acceptors (Lipinski definition) is 4. The minimum Gasteiger partial charge on any atom is -0.496 e. The van der Waals surface area contributed by atoms with Gasteiger partial charge in [0.2, 0.25) is 11.8 Å². The van der Waals surface area contributed by atoms with E-state index in [1.165, 1.54) is 0 Å². The Hall–Kier alpha value is -2.08. The molecule has 0 bridgehead atoms. The van der Waals surface area contributed by atoms with Gasteiger partial charge in [-0.1, -0.05) is 18.2 Å². The smallest absolute Gasteiger partial charge is 0.227 e. The molecule has 0 aromatic heterocycles. The molecule has 1 saturated heterocycles. The fourth-order valence-corrected chi connectivity index (χ4v) is 2.83. The Morgan fingerprint density at radius 1 is 1.30 bits per heavy atom. The Labute approximate surface area is 137 Å². The van der Waals surface area contributed by atoms with Gasteiger partial charge < -0.3 is 20.7 Å². The summed E-state index contributed by atoms with van der Waals surface area (Å²) in [6.45, 7) is 1.70. The molecule has 2 amide bonds. The maximum Gasteiger partial charge on any atom is 0.227 e. The highest BCUT2D eigenvalue weighted by Gasteiger charge is 2.24. The highest BCUT2D eigenvalue weighted by Crippen LogP contribution is 2.19. The molecule has 6 nitrogen and oxygen atoms in total. The van der Waals surface area contributed by atoms with Crippen LogP contribution in [-0.2, 0) is 16.0 Å². The molecule has 126 valence electrons. The predicted molar refractivity (Wildman–Crippen MR) is 88.1 cm³/mol. The summed E-state index contributed by atoms with van der Waals surface area (Å²) in [6.07, 6.45) is 2.27. The summed E-state index contributed by atoms with van der Waals surface area (Å²) in [5.41, 5.74) is 6.27. The molecular formula is C17H25N3O3. The van der Waals surface area contributed by atoms with Crippen molar-refractivity contribution in [2.75, 3.05) is 26.7 Å². The lowest BCUT2D eigenvalue weighted by Gasteiger charge is -2.32. The number of rotatable bonds is 6. The predicted octanol–water partition coefficient (Wildman–Crippen LogP) is 0.694. The third-order valence-corrected chi connectivity index (χ3v) is 4.12. The summed E-state index contributed by atoms with van der Waals surface area (Å²) >= 11 is 0. The van der Waals surface area contributed by atoms with Crippen LogP contribution in [-0.4, -0.2) is 49.5 Å². The third kappa shape index (κ3) is 4.96. The van der Waals surface area contributed by atoms with Crippen LogP contribution in [0.2, 0.25) is 0 Å². The second-order valence-corrected chi connectivity index (χ2v) is 5.75. The quantitative estimate of drug-likeness (QED) is 0.808. The molecule has 1 heterocycles. The Morgan fingerprint density at radius 2 is 2.00 bits per heavy atom. The van der Waals surface area contributed by atoms with Crippen molar-refractivity contribution in [1.29, 1.82) is 0 Å². The van der Waals surface area contributed by atoms with Gasteiger partial charge in [0.25, 0.3) is 0 Å². The summed E-state index contributed by atoms with van der Waals surface area (Å²) in [7, 11) is 1.61. The molecule has 0 spiro atoms. The molecule has 3 N–H and O–H groups in total. The standard InChI is InChI=1S/C17H25N3O3/c1-23-15-5-3-2-4-13(15)12-17(22)20-10-7-14(8-11-20)19-16(21)6-9-18/h2-5,14H,6-12,18H2,1H3,(H,19,21). The van der Waals surface area contributed by atoms with Crippen molar-refractivity contribution in [3.8, 4) is 5.75 Å². The van der Waals surface area contributed by atoms with E-state index in [0.717, 1.165) is 24.2 Å². The van der Waals surface area contributed by atoms with E-state index in [0.29, 0.717) is 32.5 Å². The van der Waals surface area contributed by atoms with Crippen molar-refractivity contribution in [1.82, 2.24) is 10.2 Å². The first-order valence-corrected chi connectivity index (χ1v) is 8.03. The van der Waals surface area contributed by atoms with Crippen LogP contribution in [0.5, 0.6) is 5.75 Å². The molecule has 0 saturated carbocycles. The highest BCUT2D eigenvalue weighted by atomic mass is 16.5. The molecule has 6 heteroatoms. The van der Waals surface area contributed by atoms with Crippen molar-refractivity contribution in [3.63, 3.8) is 0 Å². The molecule has 1 aliphatic heterocycles. The molecule has 1 fully saturated rings. The summed E-state index contributed by atoms with van der Waals surface area (Å²) < 4.78 is 5.29. The van der Waals surface area contributed by atoms with Gasteiger partial charge in [-0.25, -0.2) is 0 Å². The number of carbonyl (C=O) groups excluding carboxylic acids is 2. The van der Waals surface area contributed by atoms with Crippen LogP contribution < -0.4 is 15.8 Å². The molecule has 0 atom stereocenters. The van der Waals surface area contributed by atoms with Gasteiger partial charge in [0.05, 0.1) is 13.5 Å². The SMILES string of the molecule is COc1ccccc1CC(=O)N1CCC(NC(=O)CCN)CC1. The van der Waals surface area contributed by atoms with Gasteiger partial charge >= 0.3 is 0 Å². The average molecular weight is 319 g/mol. The molecule has 2 rings (SSSR count). The molecule has 1 aromatic carbocycles. The number of nitrogens with zero attached hydrogens (tertiary/aromatic N) is 1. The largest absolute Gasteiger partial charge is 0.496 e. The fraction of sp³-hybridized carbons (Fsp3) is 0.529. The highest BCUT2D eigenvalue weighted by molar-refractivity contribution is 5.80. The number of amides is 2. The normalized spacial score (nSPS) is 15.3. The number of ether oxygens (including phenoxy) is 1. The zero-order valence-electron chi connectivity index (χ0n) is 13.6. The van der Waals surface area contributed by atoms with E-state index >= 15 is 0 Å². The third-order valence-electron chi connectivity index (χ3n) is 4.12. The first kappa shape index (κ1) is 17.3. The topological polar surface area (TPSA) is 84.7 Å². The fourth-order valence-electron chi connectivity index (χ4n) is 2.83. The van der Waals surface area contributed by atoms with Gasteiger partial charge in [-0.3, -0.25) is 9.59 Å². The van der Waals surface area contributed by atoms with Crippen molar-refractivity contribution in [3.05, 3.63) is 29.8 Å². The van der Waals surface area contributed by atoms with Gasteiger partial charge in [-0.15, -0.1) is 0 Å². The molecular weight excluding hydrogens is 294 g/mol. The van der Waals surface area contributed by atoms with Gasteiger partial charge in [-0.2, -0.15) is 0 Å². The number of piperidine rings is 1. The summed E-state index contributed by atoms with van der Waals surface area (Å²) in [5, 5.41) is 2.97. The number of hydrogen-bond donors (Lipinski definition) is 2. The van der Waals surface area contributed by atoms with Crippen LogP contribution in [0.15, 0.2) is 24.3 Å². The number of benzene rings is 1. The van der Waals surface area contributed by atoms with Gasteiger partial charge in [-0.05, 0) is 18.9 Å². The number of nitrogens with two attached hydrogens (primary N) is 1. The van der Waals surface area contributed by atoms with Gasteiger partial charge in [0.15, 0.2) is 0 Å². The van der Waals surface area contributed by atoms with E-state index in [-0.39, 0.29) is 17.9 Å². The van der Waals surface area contributed by atoms with Crippen LogP contribution in [0.3, 0.4) is 0 Å². The van der Waals surface area contributed by atoms with Crippen molar-refractivity contribution < 1.29 is 14.3 Å². The molecule has 23 heavy (non-hydrogen) atoms. The monoisotopic (exact) mass is 319 g/mol. The van der Waals surface area contributed by atoms with Crippen molar-refractivity contribution in [2.24, 2.45) is 5.73 Å². The molecule has 0 aliphatic carbocycles. The lowest BCUT2D eigenvalue weighted by atomic mass is 10.0. The zero-order valence-corrected chi connectivity index (χ0v) is 13.6. The first-order valence-electron chi connectivity index (χ1n) is 8.03. The van der Waals surface area contributed by atoms with E-state index in [1.807, 2.05) is 29.2 Å². The zero-order chi connectivity index (χ0) is 16.7. The Bertz CT molecular complexity index is 540. The number of nitrogens with one attached hydrogen (secondary N) is 1. The second kappa shape index (κ2) is 8.53. The van der Waals surface area contributed by atoms with Crippen LogP contribution >= 0.6 is 0 Å². The Balaban J connectivity index is 1.83. The van der Waals surface area contributed by atoms with Crippen LogP contribution in [0.25, 0.3) is 0 Å². The molecule has 0 unspecified atom stereocenters. The van der Waals surface area contributed by atoms with Crippen LogP contribution in [0, 0.1) is 0 Å². The molecule has 1 aromatic rings. The Morgan fingerprint density at radius 3 is 2.65 bits per heavy atom. The minimum atomic E-state index is -0.00806. The number of methoxy groups -OCH3 is 1. The molecule has 1 aliphatic rings. The van der Waals surface area contributed by atoms with Crippen LogP contribution in [0.1, 0.15) is 24.8 Å². The number of likely N-dealkylation sites (tertiary alicyclic amines) is 1.